The molecule has 0 amide bonds. The summed E-state index contributed by atoms with van der Waals surface area (Å²) in [5.41, 5.74) is 0.191. The summed E-state index contributed by atoms with van der Waals surface area (Å²) in [6, 6.07) is 4.83. The molecule has 0 spiro atoms. The molecule has 0 aliphatic carbocycles. The molecule has 110 valence electrons. The molecule has 2 rings (SSSR count). The topological polar surface area (TPSA) is 66.2 Å². The highest BCUT2D eigenvalue weighted by Crippen LogP contribution is 2.22. The van der Waals surface area contributed by atoms with Crippen molar-refractivity contribution in [1.82, 2.24) is 14.8 Å². The largest absolute Gasteiger partial charge is 0.472 e. The molecule has 0 N–H and O–H groups in total. The SMILES string of the molecule is C=CCOc1cc(C(=O)OCC)n(-c2ncccc2Cl)n1. The predicted molar refractivity (Wildman–Crippen MR) is 78.0 cm³/mol. The lowest BCUT2D eigenvalue weighted by Gasteiger charge is -2.06. The summed E-state index contributed by atoms with van der Waals surface area (Å²) in [6.07, 6.45) is 3.14. The molecule has 21 heavy (non-hydrogen) atoms. The first kappa shape index (κ1) is 15.1. The van der Waals surface area contributed by atoms with Crippen molar-refractivity contribution >= 4 is 17.6 Å². The van der Waals surface area contributed by atoms with Crippen molar-refractivity contribution < 1.29 is 14.3 Å². The summed E-state index contributed by atoms with van der Waals surface area (Å²) in [5.74, 6) is 0.0653. The van der Waals surface area contributed by atoms with E-state index in [1.807, 2.05) is 0 Å². The Morgan fingerprint density at radius 2 is 2.38 bits per heavy atom. The summed E-state index contributed by atoms with van der Waals surface area (Å²) in [7, 11) is 0. The molecular formula is C14H14ClN3O3. The minimum absolute atomic E-state index is 0.191. The fraction of sp³-hybridized carbons (Fsp3) is 0.214. The molecule has 0 radical (unpaired) electrons. The van der Waals surface area contributed by atoms with Gasteiger partial charge in [0, 0.05) is 12.3 Å². The Hall–Kier alpha value is -2.34. The molecule has 0 aliphatic rings. The van der Waals surface area contributed by atoms with E-state index >= 15 is 0 Å². The zero-order valence-corrected chi connectivity index (χ0v) is 12.2. The van der Waals surface area contributed by atoms with E-state index in [2.05, 4.69) is 16.7 Å². The number of aromatic nitrogens is 3. The van der Waals surface area contributed by atoms with Crippen LogP contribution in [0.3, 0.4) is 0 Å². The van der Waals surface area contributed by atoms with Gasteiger partial charge in [-0.25, -0.2) is 14.5 Å². The van der Waals surface area contributed by atoms with E-state index in [4.69, 9.17) is 21.1 Å². The monoisotopic (exact) mass is 307 g/mol. The van der Waals surface area contributed by atoms with Crippen molar-refractivity contribution in [3.05, 3.63) is 47.8 Å². The molecule has 0 unspecified atom stereocenters. The lowest BCUT2D eigenvalue weighted by Crippen LogP contribution is -2.13. The number of carbonyl (C=O) groups is 1. The zero-order valence-electron chi connectivity index (χ0n) is 11.5. The average Bonchev–Trinajstić information content (AvgIpc) is 2.90. The van der Waals surface area contributed by atoms with Crippen LogP contribution in [0.5, 0.6) is 5.88 Å². The lowest BCUT2D eigenvalue weighted by atomic mass is 10.4. The van der Waals surface area contributed by atoms with Gasteiger partial charge in [-0.15, -0.1) is 5.10 Å². The normalized spacial score (nSPS) is 10.2. The highest BCUT2D eigenvalue weighted by atomic mass is 35.5. The first-order valence-electron chi connectivity index (χ1n) is 6.29. The van der Waals surface area contributed by atoms with Gasteiger partial charge in [-0.05, 0) is 19.1 Å². The van der Waals surface area contributed by atoms with Crippen molar-refractivity contribution in [3.63, 3.8) is 0 Å². The second kappa shape index (κ2) is 6.90. The van der Waals surface area contributed by atoms with E-state index < -0.39 is 5.97 Å². The van der Waals surface area contributed by atoms with Gasteiger partial charge >= 0.3 is 5.97 Å². The Morgan fingerprint density at radius 3 is 3.05 bits per heavy atom. The Bertz CT molecular complexity index is 655. The van der Waals surface area contributed by atoms with Crippen LogP contribution in [-0.2, 0) is 4.74 Å². The molecule has 0 aliphatic heterocycles. The Labute approximate surface area is 127 Å². The minimum atomic E-state index is -0.528. The number of hydrogen-bond acceptors (Lipinski definition) is 5. The van der Waals surface area contributed by atoms with E-state index in [0.717, 1.165) is 0 Å². The summed E-state index contributed by atoms with van der Waals surface area (Å²) in [6.45, 7) is 5.81. The third-order valence-electron chi connectivity index (χ3n) is 2.46. The van der Waals surface area contributed by atoms with E-state index in [1.165, 1.54) is 10.7 Å². The molecule has 2 aromatic rings. The first-order valence-corrected chi connectivity index (χ1v) is 6.67. The molecule has 0 bridgehead atoms. The third kappa shape index (κ3) is 3.41. The molecule has 0 atom stereocenters. The smallest absolute Gasteiger partial charge is 0.357 e. The van der Waals surface area contributed by atoms with Gasteiger partial charge in [0.05, 0.1) is 11.6 Å². The van der Waals surface area contributed by atoms with Crippen molar-refractivity contribution in [2.75, 3.05) is 13.2 Å². The maximum Gasteiger partial charge on any atom is 0.357 e. The number of esters is 1. The number of pyridine rings is 1. The summed E-state index contributed by atoms with van der Waals surface area (Å²) >= 11 is 6.09. The van der Waals surface area contributed by atoms with Crippen molar-refractivity contribution in [2.45, 2.75) is 6.92 Å². The van der Waals surface area contributed by atoms with Crippen LogP contribution in [0.4, 0.5) is 0 Å². The van der Waals surface area contributed by atoms with Crippen LogP contribution in [0, 0.1) is 0 Å². The van der Waals surface area contributed by atoms with Gasteiger partial charge < -0.3 is 9.47 Å². The number of ether oxygens (including phenoxy) is 2. The maximum atomic E-state index is 12.0. The maximum absolute atomic E-state index is 12.0. The van der Waals surface area contributed by atoms with Gasteiger partial charge in [0.2, 0.25) is 5.88 Å². The van der Waals surface area contributed by atoms with Crippen molar-refractivity contribution in [2.24, 2.45) is 0 Å². The van der Waals surface area contributed by atoms with Gasteiger partial charge in [0.15, 0.2) is 11.5 Å². The highest BCUT2D eigenvalue weighted by molar-refractivity contribution is 6.32. The van der Waals surface area contributed by atoms with Crippen LogP contribution >= 0.6 is 11.6 Å². The summed E-state index contributed by atoms with van der Waals surface area (Å²) < 4.78 is 11.6. The van der Waals surface area contributed by atoms with Crippen LogP contribution in [0.25, 0.3) is 5.82 Å². The van der Waals surface area contributed by atoms with Crippen LogP contribution in [0.15, 0.2) is 37.1 Å². The van der Waals surface area contributed by atoms with Crippen LogP contribution in [0.1, 0.15) is 17.4 Å². The summed E-state index contributed by atoms with van der Waals surface area (Å²) in [5, 5.41) is 4.54. The third-order valence-corrected chi connectivity index (χ3v) is 2.76. The highest BCUT2D eigenvalue weighted by Gasteiger charge is 2.20. The standard InChI is InChI=1S/C14H14ClN3O3/c1-3-8-21-12-9-11(14(19)20-4-2)18(17-12)13-10(15)6-5-7-16-13/h3,5-7,9H,1,4,8H2,2H3. The second-order valence-electron chi connectivity index (χ2n) is 3.91. The molecule has 6 nitrogen and oxygen atoms in total. The molecule has 2 heterocycles. The minimum Gasteiger partial charge on any atom is -0.472 e. The molecule has 2 aromatic heterocycles. The molecule has 0 aromatic carbocycles. The van der Waals surface area contributed by atoms with Crippen molar-refractivity contribution in [3.8, 4) is 11.7 Å². The fourth-order valence-corrected chi connectivity index (χ4v) is 1.82. The van der Waals surface area contributed by atoms with Gasteiger partial charge in [-0.2, -0.15) is 0 Å². The van der Waals surface area contributed by atoms with E-state index in [9.17, 15) is 4.79 Å². The first-order chi connectivity index (χ1) is 10.2. The van der Waals surface area contributed by atoms with Gasteiger partial charge in [-0.1, -0.05) is 24.3 Å². The van der Waals surface area contributed by atoms with Gasteiger partial charge in [0.25, 0.3) is 0 Å². The fourth-order valence-electron chi connectivity index (χ4n) is 1.62. The Balaban J connectivity index is 2.46. The number of halogens is 1. The van der Waals surface area contributed by atoms with E-state index in [0.29, 0.717) is 10.8 Å². The van der Waals surface area contributed by atoms with Crippen LogP contribution in [-0.4, -0.2) is 33.9 Å². The Kier molecular flexibility index (Phi) is 4.94. The Morgan fingerprint density at radius 1 is 1.57 bits per heavy atom. The lowest BCUT2D eigenvalue weighted by molar-refractivity contribution is 0.0515. The van der Waals surface area contributed by atoms with Gasteiger partial charge in [-0.3, -0.25) is 0 Å². The quantitative estimate of drug-likeness (QED) is 0.606. The zero-order chi connectivity index (χ0) is 15.2. The van der Waals surface area contributed by atoms with Gasteiger partial charge in [0.1, 0.15) is 6.61 Å². The molecule has 0 fully saturated rings. The van der Waals surface area contributed by atoms with Crippen LogP contribution in [0.2, 0.25) is 5.02 Å². The van der Waals surface area contributed by atoms with E-state index in [-0.39, 0.29) is 24.8 Å². The number of hydrogen-bond donors (Lipinski definition) is 0. The number of nitrogens with zero attached hydrogens (tertiary/aromatic N) is 3. The predicted octanol–water partition coefficient (Wildman–Crippen LogP) is 2.66. The molecular weight excluding hydrogens is 294 g/mol. The molecule has 7 heteroatoms. The molecule has 0 saturated carbocycles. The number of rotatable bonds is 6. The van der Waals surface area contributed by atoms with Crippen LogP contribution < -0.4 is 4.74 Å². The average molecular weight is 308 g/mol. The van der Waals surface area contributed by atoms with Crippen molar-refractivity contribution in [1.29, 1.82) is 0 Å². The number of carbonyl (C=O) groups excluding carboxylic acids is 1. The van der Waals surface area contributed by atoms with E-state index in [1.54, 1.807) is 31.3 Å². The summed E-state index contributed by atoms with van der Waals surface area (Å²) in [4.78, 5) is 16.1. The molecule has 0 saturated heterocycles. The second-order valence-corrected chi connectivity index (χ2v) is 4.32.